The van der Waals surface area contributed by atoms with Crippen LogP contribution in [0.2, 0.25) is 5.02 Å². The van der Waals surface area contributed by atoms with Gasteiger partial charge in [-0.15, -0.1) is 0 Å². The Kier molecular flexibility index (Phi) is 6.73. The highest BCUT2D eigenvalue weighted by Crippen LogP contribution is 2.25. The third-order valence-corrected chi connectivity index (χ3v) is 4.86. The third-order valence-electron chi connectivity index (χ3n) is 4.59. The largest absolute Gasteiger partial charge is 0.471 e. The van der Waals surface area contributed by atoms with Gasteiger partial charge in [0.05, 0.1) is 25.4 Å². The van der Waals surface area contributed by atoms with Gasteiger partial charge < -0.3 is 24.4 Å². The van der Waals surface area contributed by atoms with E-state index in [1.165, 1.54) is 6.20 Å². The lowest BCUT2D eigenvalue weighted by Crippen LogP contribution is -2.46. The Morgan fingerprint density at radius 1 is 1.37 bits per heavy atom. The maximum absolute atomic E-state index is 12.5. The van der Waals surface area contributed by atoms with Crippen LogP contribution in [0, 0.1) is 0 Å². The van der Waals surface area contributed by atoms with Gasteiger partial charge in [0.1, 0.15) is 11.1 Å². The topological polar surface area (TPSA) is 90.0 Å². The van der Waals surface area contributed by atoms with E-state index in [0.29, 0.717) is 62.2 Å². The zero-order valence-corrected chi connectivity index (χ0v) is 16.0. The molecule has 2 aliphatic rings. The van der Waals surface area contributed by atoms with Crippen LogP contribution in [0.15, 0.2) is 12.3 Å². The number of halogens is 1. The number of rotatable bonds is 5. The van der Waals surface area contributed by atoms with Gasteiger partial charge in [-0.1, -0.05) is 11.6 Å². The van der Waals surface area contributed by atoms with Crippen molar-refractivity contribution in [2.24, 2.45) is 0 Å². The second-order valence-electron chi connectivity index (χ2n) is 6.55. The number of aromatic nitrogens is 1. The number of piperidine rings is 1. The van der Waals surface area contributed by atoms with Gasteiger partial charge in [-0.25, -0.2) is 9.78 Å². The number of nitrogens with zero attached hydrogens (tertiary/aromatic N) is 2. The summed E-state index contributed by atoms with van der Waals surface area (Å²) in [6, 6.07) is 1.55. The Hall–Kier alpha value is -2.06. The first kappa shape index (κ1) is 19.7. The lowest BCUT2D eigenvalue weighted by Gasteiger charge is -2.31. The summed E-state index contributed by atoms with van der Waals surface area (Å²) in [7, 11) is 0. The molecule has 0 spiro atoms. The summed E-state index contributed by atoms with van der Waals surface area (Å²) >= 11 is 6.21. The van der Waals surface area contributed by atoms with Gasteiger partial charge in [-0.3, -0.25) is 4.79 Å². The van der Waals surface area contributed by atoms with Crippen molar-refractivity contribution in [3.8, 4) is 5.88 Å². The van der Waals surface area contributed by atoms with Crippen molar-refractivity contribution in [2.75, 3.05) is 32.9 Å². The molecule has 1 aromatic heterocycles. The summed E-state index contributed by atoms with van der Waals surface area (Å²) in [5.74, 6) is 0.0706. The zero-order chi connectivity index (χ0) is 19.2. The van der Waals surface area contributed by atoms with Gasteiger partial charge in [0, 0.05) is 31.7 Å². The summed E-state index contributed by atoms with van der Waals surface area (Å²) in [6.07, 6.45) is 3.24. The number of carbonyl (C=O) groups is 2. The molecule has 0 aliphatic carbocycles. The van der Waals surface area contributed by atoms with E-state index in [0.717, 1.165) is 6.42 Å². The molecule has 3 rings (SSSR count). The molecule has 9 heteroatoms. The molecule has 148 valence electrons. The molecule has 2 saturated heterocycles. The first-order valence-electron chi connectivity index (χ1n) is 9.19. The van der Waals surface area contributed by atoms with Crippen molar-refractivity contribution in [1.29, 1.82) is 0 Å². The summed E-state index contributed by atoms with van der Waals surface area (Å²) in [6.45, 7) is 4.43. The third kappa shape index (κ3) is 5.23. The molecule has 3 heterocycles. The average molecular weight is 398 g/mol. The molecular formula is C18H24ClN3O5. The molecule has 0 bridgehead atoms. The zero-order valence-electron chi connectivity index (χ0n) is 15.3. The van der Waals surface area contributed by atoms with Crippen LogP contribution in [0.25, 0.3) is 0 Å². The van der Waals surface area contributed by atoms with Crippen LogP contribution in [0.4, 0.5) is 4.79 Å². The van der Waals surface area contributed by atoms with Crippen LogP contribution in [-0.2, 0) is 9.47 Å². The molecule has 1 N–H and O–H groups in total. The lowest BCUT2D eigenvalue weighted by atomic mass is 10.0. The Morgan fingerprint density at radius 2 is 2.15 bits per heavy atom. The average Bonchev–Trinajstić information content (AvgIpc) is 3.17. The summed E-state index contributed by atoms with van der Waals surface area (Å²) in [4.78, 5) is 30.0. The lowest BCUT2D eigenvalue weighted by molar-refractivity contribution is 0.0859. The highest BCUT2D eigenvalue weighted by molar-refractivity contribution is 6.32. The Bertz CT molecular complexity index is 673. The Labute approximate surface area is 163 Å². The van der Waals surface area contributed by atoms with E-state index < -0.39 is 0 Å². The van der Waals surface area contributed by atoms with E-state index in [2.05, 4.69) is 10.3 Å². The SMILES string of the molecule is CCOC(=O)N1CCC(NC(=O)c2cnc(OC3CCOC3)c(Cl)c2)CC1. The van der Waals surface area contributed by atoms with Crippen LogP contribution in [0.5, 0.6) is 5.88 Å². The molecule has 2 fully saturated rings. The van der Waals surface area contributed by atoms with E-state index in [9.17, 15) is 9.59 Å². The summed E-state index contributed by atoms with van der Waals surface area (Å²) in [5.41, 5.74) is 0.378. The van der Waals surface area contributed by atoms with E-state index in [1.807, 2.05) is 0 Å². The van der Waals surface area contributed by atoms with Gasteiger partial charge >= 0.3 is 6.09 Å². The number of ether oxygens (including phenoxy) is 3. The van der Waals surface area contributed by atoms with Crippen molar-refractivity contribution < 1.29 is 23.8 Å². The van der Waals surface area contributed by atoms with Crippen molar-refractivity contribution in [3.63, 3.8) is 0 Å². The number of likely N-dealkylation sites (tertiary alicyclic amines) is 1. The molecule has 1 atom stereocenters. The predicted molar refractivity (Wildman–Crippen MR) is 98.2 cm³/mol. The fourth-order valence-corrected chi connectivity index (χ4v) is 3.30. The van der Waals surface area contributed by atoms with Crippen LogP contribution in [0.1, 0.15) is 36.5 Å². The van der Waals surface area contributed by atoms with Crippen molar-refractivity contribution in [1.82, 2.24) is 15.2 Å². The smallest absolute Gasteiger partial charge is 0.409 e. The van der Waals surface area contributed by atoms with Crippen LogP contribution in [0.3, 0.4) is 0 Å². The van der Waals surface area contributed by atoms with E-state index in [-0.39, 0.29) is 24.1 Å². The molecule has 2 aliphatic heterocycles. The maximum atomic E-state index is 12.5. The molecule has 2 amide bonds. The minimum Gasteiger partial charge on any atom is -0.471 e. The molecule has 0 radical (unpaired) electrons. The van der Waals surface area contributed by atoms with E-state index in [1.54, 1.807) is 17.9 Å². The van der Waals surface area contributed by atoms with Gasteiger partial charge in [0.2, 0.25) is 5.88 Å². The van der Waals surface area contributed by atoms with Gasteiger partial charge in [-0.2, -0.15) is 0 Å². The molecular weight excluding hydrogens is 374 g/mol. The van der Waals surface area contributed by atoms with Crippen LogP contribution in [-0.4, -0.2) is 66.9 Å². The summed E-state index contributed by atoms with van der Waals surface area (Å²) in [5, 5.41) is 3.27. The molecule has 8 nitrogen and oxygen atoms in total. The van der Waals surface area contributed by atoms with Gasteiger partial charge in [-0.05, 0) is 25.8 Å². The van der Waals surface area contributed by atoms with Crippen molar-refractivity contribution in [2.45, 2.75) is 38.3 Å². The first-order chi connectivity index (χ1) is 13.1. The number of carbonyl (C=O) groups excluding carboxylic acids is 2. The van der Waals surface area contributed by atoms with Crippen molar-refractivity contribution >= 4 is 23.6 Å². The summed E-state index contributed by atoms with van der Waals surface area (Å²) < 4.78 is 16.0. The molecule has 1 unspecified atom stereocenters. The normalized spacial score (nSPS) is 20.4. The molecule has 0 saturated carbocycles. The number of hydrogen-bond donors (Lipinski definition) is 1. The van der Waals surface area contributed by atoms with Crippen LogP contribution >= 0.6 is 11.6 Å². The maximum Gasteiger partial charge on any atom is 0.409 e. The quantitative estimate of drug-likeness (QED) is 0.819. The Balaban J connectivity index is 1.51. The fourth-order valence-electron chi connectivity index (χ4n) is 3.09. The predicted octanol–water partition coefficient (Wildman–Crippen LogP) is 2.25. The number of amides is 2. The highest BCUT2D eigenvalue weighted by Gasteiger charge is 2.25. The fraction of sp³-hybridized carbons (Fsp3) is 0.611. The second-order valence-corrected chi connectivity index (χ2v) is 6.96. The highest BCUT2D eigenvalue weighted by atomic mass is 35.5. The number of hydrogen-bond acceptors (Lipinski definition) is 6. The Morgan fingerprint density at radius 3 is 2.78 bits per heavy atom. The molecule has 1 aromatic rings. The van der Waals surface area contributed by atoms with Crippen LogP contribution < -0.4 is 10.1 Å². The van der Waals surface area contributed by atoms with E-state index >= 15 is 0 Å². The van der Waals surface area contributed by atoms with Gasteiger partial charge in [0.15, 0.2) is 0 Å². The van der Waals surface area contributed by atoms with E-state index in [4.69, 9.17) is 25.8 Å². The van der Waals surface area contributed by atoms with Crippen molar-refractivity contribution in [3.05, 3.63) is 22.8 Å². The standard InChI is InChI=1S/C18H24ClN3O5/c1-2-26-18(24)22-6-3-13(4-7-22)21-16(23)12-9-15(19)17(20-10-12)27-14-5-8-25-11-14/h9-10,13-14H,2-8,11H2,1H3,(H,21,23). The number of pyridine rings is 1. The number of nitrogens with one attached hydrogen (secondary N) is 1. The molecule has 27 heavy (non-hydrogen) atoms. The monoisotopic (exact) mass is 397 g/mol. The second kappa shape index (κ2) is 9.23. The first-order valence-corrected chi connectivity index (χ1v) is 9.57. The minimum atomic E-state index is -0.304. The minimum absolute atomic E-state index is 0.00600. The van der Waals surface area contributed by atoms with Gasteiger partial charge in [0.25, 0.3) is 5.91 Å². The molecule has 0 aromatic carbocycles.